The zero-order valence-corrected chi connectivity index (χ0v) is 12.0. The highest BCUT2D eigenvalue weighted by molar-refractivity contribution is 7.99. The van der Waals surface area contributed by atoms with Gasteiger partial charge in [0.05, 0.1) is 5.60 Å². The van der Waals surface area contributed by atoms with Crippen LogP contribution in [0.5, 0.6) is 0 Å². The minimum Gasteiger partial charge on any atom is -0.389 e. The van der Waals surface area contributed by atoms with Gasteiger partial charge in [-0.25, -0.2) is 0 Å². The number of aryl methyl sites for hydroxylation is 1. The first kappa shape index (κ1) is 14.6. The first-order valence-corrected chi connectivity index (χ1v) is 7.44. The Kier molecular flexibility index (Phi) is 6.07. The first-order valence-electron chi connectivity index (χ1n) is 6.45. The molecule has 1 aromatic rings. The van der Waals surface area contributed by atoms with E-state index in [9.17, 15) is 5.11 Å². The summed E-state index contributed by atoms with van der Waals surface area (Å²) in [6.45, 7) is 6.23. The molecule has 1 N–H and O–H groups in total. The second kappa shape index (κ2) is 7.07. The topological polar surface area (TPSA) is 20.2 Å². The van der Waals surface area contributed by atoms with Gasteiger partial charge in [0, 0.05) is 10.6 Å². The molecule has 0 aromatic heterocycles. The maximum Gasteiger partial charge on any atom is 0.0713 e. The van der Waals surface area contributed by atoms with Crippen molar-refractivity contribution in [1.29, 1.82) is 0 Å². The van der Waals surface area contributed by atoms with Crippen LogP contribution in [0.25, 0.3) is 0 Å². The van der Waals surface area contributed by atoms with Gasteiger partial charge in [0.1, 0.15) is 0 Å². The second-order valence-corrected chi connectivity index (χ2v) is 6.10. The van der Waals surface area contributed by atoms with Crippen LogP contribution in [0.2, 0.25) is 0 Å². The van der Waals surface area contributed by atoms with Crippen molar-refractivity contribution in [2.45, 2.75) is 57.0 Å². The molecule has 0 aliphatic carbocycles. The van der Waals surface area contributed by atoms with Gasteiger partial charge >= 0.3 is 0 Å². The van der Waals surface area contributed by atoms with Crippen LogP contribution < -0.4 is 0 Å². The van der Waals surface area contributed by atoms with Gasteiger partial charge in [0.25, 0.3) is 0 Å². The van der Waals surface area contributed by atoms with Crippen LogP contribution in [-0.2, 0) is 0 Å². The lowest BCUT2D eigenvalue weighted by molar-refractivity contribution is 0.0732. The number of hydrogen-bond acceptors (Lipinski definition) is 2. The van der Waals surface area contributed by atoms with E-state index in [0.717, 1.165) is 18.6 Å². The number of hydrogen-bond donors (Lipinski definition) is 1. The van der Waals surface area contributed by atoms with Crippen LogP contribution >= 0.6 is 11.8 Å². The highest BCUT2D eigenvalue weighted by Crippen LogP contribution is 2.26. The smallest absolute Gasteiger partial charge is 0.0713 e. The quantitative estimate of drug-likeness (QED) is 0.572. The Morgan fingerprint density at radius 1 is 1.18 bits per heavy atom. The van der Waals surface area contributed by atoms with Gasteiger partial charge < -0.3 is 5.11 Å². The van der Waals surface area contributed by atoms with Crippen molar-refractivity contribution in [2.75, 3.05) is 5.75 Å². The largest absolute Gasteiger partial charge is 0.389 e. The van der Waals surface area contributed by atoms with Gasteiger partial charge in [-0.1, -0.05) is 43.9 Å². The van der Waals surface area contributed by atoms with Crippen LogP contribution in [0, 0.1) is 6.92 Å². The summed E-state index contributed by atoms with van der Waals surface area (Å²) in [5.74, 6) is 0.778. The molecule has 96 valence electrons. The van der Waals surface area contributed by atoms with E-state index in [4.69, 9.17) is 0 Å². The molecule has 0 aliphatic rings. The number of aliphatic hydroxyl groups is 1. The lowest BCUT2D eigenvalue weighted by Gasteiger charge is -2.22. The summed E-state index contributed by atoms with van der Waals surface area (Å²) < 4.78 is 0. The van der Waals surface area contributed by atoms with Gasteiger partial charge in [-0.3, -0.25) is 0 Å². The molecule has 0 saturated heterocycles. The van der Waals surface area contributed by atoms with E-state index in [1.54, 1.807) is 11.8 Å². The van der Waals surface area contributed by atoms with Crippen LogP contribution in [-0.4, -0.2) is 16.5 Å². The highest BCUT2D eigenvalue weighted by atomic mass is 32.2. The Hall–Kier alpha value is -0.470. The van der Waals surface area contributed by atoms with Crippen molar-refractivity contribution in [2.24, 2.45) is 0 Å². The molecule has 0 unspecified atom stereocenters. The van der Waals surface area contributed by atoms with Crippen LogP contribution in [0.3, 0.4) is 0 Å². The molecule has 0 aliphatic heterocycles. The molecule has 1 nitrogen and oxygen atoms in total. The Labute approximate surface area is 110 Å². The van der Waals surface area contributed by atoms with Crippen LogP contribution in [0.15, 0.2) is 29.2 Å². The number of benzene rings is 1. The molecule has 0 radical (unpaired) electrons. The van der Waals surface area contributed by atoms with E-state index in [1.807, 2.05) is 6.92 Å². The monoisotopic (exact) mass is 252 g/mol. The van der Waals surface area contributed by atoms with E-state index in [-0.39, 0.29) is 0 Å². The van der Waals surface area contributed by atoms with Gasteiger partial charge in [0.2, 0.25) is 0 Å². The third-order valence-corrected chi connectivity index (χ3v) is 4.26. The highest BCUT2D eigenvalue weighted by Gasteiger charge is 2.19. The normalized spacial score (nSPS) is 14.6. The van der Waals surface area contributed by atoms with Crippen LogP contribution in [0.4, 0.5) is 0 Å². The maximum atomic E-state index is 10.2. The van der Waals surface area contributed by atoms with E-state index >= 15 is 0 Å². The fourth-order valence-electron chi connectivity index (χ4n) is 1.70. The molecule has 0 amide bonds. The Bertz CT molecular complexity index is 316. The fraction of sp³-hybridized carbons (Fsp3) is 0.600. The number of unbranched alkanes of at least 4 members (excludes halogenated alkanes) is 2. The van der Waals surface area contributed by atoms with Crippen molar-refractivity contribution in [3.8, 4) is 0 Å². The summed E-state index contributed by atoms with van der Waals surface area (Å²) in [7, 11) is 0. The number of thioether (sulfide) groups is 1. The zero-order chi connectivity index (χ0) is 12.7. The van der Waals surface area contributed by atoms with E-state index < -0.39 is 5.60 Å². The Morgan fingerprint density at radius 2 is 1.82 bits per heavy atom. The minimum absolute atomic E-state index is 0.537. The lowest BCUT2D eigenvalue weighted by Crippen LogP contribution is -2.27. The Morgan fingerprint density at radius 3 is 2.41 bits per heavy atom. The first-order chi connectivity index (χ1) is 8.03. The molecule has 0 spiro atoms. The van der Waals surface area contributed by atoms with E-state index in [1.165, 1.54) is 23.3 Å². The molecule has 0 fully saturated rings. The maximum absolute atomic E-state index is 10.2. The fourth-order valence-corrected chi connectivity index (χ4v) is 2.65. The third-order valence-electron chi connectivity index (χ3n) is 2.89. The molecule has 1 rings (SSSR count). The molecule has 2 heteroatoms. The summed E-state index contributed by atoms with van der Waals surface area (Å²) >= 11 is 1.74. The standard InChI is InChI=1S/C15H24OS/c1-4-5-6-11-15(3,16)12-17-14-9-7-13(2)8-10-14/h7-10,16H,4-6,11-12H2,1-3H3/t15-/m1/s1. The molecule has 0 bridgehead atoms. The molecule has 0 saturated carbocycles. The van der Waals surface area contributed by atoms with Gasteiger partial charge in [0.15, 0.2) is 0 Å². The predicted molar refractivity (Wildman–Crippen MR) is 76.7 cm³/mol. The molecule has 17 heavy (non-hydrogen) atoms. The summed E-state index contributed by atoms with van der Waals surface area (Å²) in [6, 6.07) is 8.49. The predicted octanol–water partition coefficient (Wildman–Crippen LogP) is 4.42. The molecule has 0 heterocycles. The van der Waals surface area contributed by atoms with Gasteiger partial charge in [-0.15, -0.1) is 11.8 Å². The number of rotatable bonds is 7. The lowest BCUT2D eigenvalue weighted by atomic mass is 10.0. The molecule has 1 atom stereocenters. The van der Waals surface area contributed by atoms with Crippen molar-refractivity contribution >= 4 is 11.8 Å². The van der Waals surface area contributed by atoms with Crippen LogP contribution in [0.1, 0.15) is 45.1 Å². The van der Waals surface area contributed by atoms with Gasteiger partial charge in [-0.2, -0.15) is 0 Å². The van der Waals surface area contributed by atoms with Crippen molar-refractivity contribution < 1.29 is 5.11 Å². The summed E-state index contributed by atoms with van der Waals surface area (Å²) in [6.07, 6.45) is 4.45. The van der Waals surface area contributed by atoms with Gasteiger partial charge in [-0.05, 0) is 32.4 Å². The summed E-state index contributed by atoms with van der Waals surface area (Å²) in [5, 5.41) is 10.2. The summed E-state index contributed by atoms with van der Waals surface area (Å²) in [4.78, 5) is 1.24. The second-order valence-electron chi connectivity index (χ2n) is 5.06. The minimum atomic E-state index is -0.537. The van der Waals surface area contributed by atoms with Crippen molar-refractivity contribution in [1.82, 2.24) is 0 Å². The average molecular weight is 252 g/mol. The SMILES string of the molecule is CCCCC[C@@](C)(O)CSc1ccc(C)cc1. The molecular formula is C15H24OS. The van der Waals surface area contributed by atoms with E-state index in [2.05, 4.69) is 38.1 Å². The Balaban J connectivity index is 2.35. The third kappa shape index (κ3) is 6.13. The summed E-state index contributed by atoms with van der Waals surface area (Å²) in [5.41, 5.74) is 0.745. The van der Waals surface area contributed by atoms with Crippen molar-refractivity contribution in [3.05, 3.63) is 29.8 Å². The zero-order valence-electron chi connectivity index (χ0n) is 11.2. The van der Waals surface area contributed by atoms with E-state index in [0.29, 0.717) is 0 Å². The molecular weight excluding hydrogens is 228 g/mol. The average Bonchev–Trinajstić information content (AvgIpc) is 2.29. The van der Waals surface area contributed by atoms with Crippen molar-refractivity contribution in [3.63, 3.8) is 0 Å². The molecule has 1 aromatic carbocycles.